The van der Waals surface area contributed by atoms with Crippen LogP contribution in [-0.2, 0) is 10.0 Å². The molecule has 9 heteroatoms. The minimum Gasteiger partial charge on any atom is -0.475 e. The van der Waals surface area contributed by atoms with Crippen LogP contribution >= 0.6 is 15.9 Å². The molecule has 0 amide bonds. The molecule has 0 saturated heterocycles. The number of furan rings is 1. The number of carbonyl (C=O) groups is 1. The molecule has 0 saturated carbocycles. The maximum absolute atomic E-state index is 12.0. The SMILES string of the molecule is Cc1cc(Br)cnc1NS(=O)(=O)c1ccc(C(=O)O)o1. The average Bonchev–Trinajstić information content (AvgIpc) is 2.83. The fourth-order valence-electron chi connectivity index (χ4n) is 1.40. The van der Waals surface area contributed by atoms with Gasteiger partial charge in [0.25, 0.3) is 10.0 Å². The Balaban J connectivity index is 2.33. The van der Waals surface area contributed by atoms with E-state index in [9.17, 15) is 13.2 Å². The summed E-state index contributed by atoms with van der Waals surface area (Å²) in [7, 11) is -4.02. The van der Waals surface area contributed by atoms with Crippen LogP contribution in [0.2, 0.25) is 0 Å². The van der Waals surface area contributed by atoms with E-state index in [1.807, 2.05) is 0 Å². The summed E-state index contributed by atoms with van der Waals surface area (Å²) in [5.74, 6) is -1.66. The molecule has 7 nitrogen and oxygen atoms in total. The molecule has 2 N–H and O–H groups in total. The third-order valence-corrected chi connectivity index (χ3v) is 3.98. The van der Waals surface area contributed by atoms with Crippen molar-refractivity contribution in [2.75, 3.05) is 4.72 Å². The largest absolute Gasteiger partial charge is 0.475 e. The zero-order valence-corrected chi connectivity index (χ0v) is 12.5. The van der Waals surface area contributed by atoms with Crippen LogP contribution in [0.5, 0.6) is 0 Å². The van der Waals surface area contributed by atoms with Gasteiger partial charge in [-0.05, 0) is 46.6 Å². The zero-order valence-electron chi connectivity index (χ0n) is 10.1. The highest BCUT2D eigenvalue weighted by atomic mass is 79.9. The van der Waals surface area contributed by atoms with Crippen LogP contribution in [0.4, 0.5) is 5.82 Å². The van der Waals surface area contributed by atoms with Crippen LogP contribution < -0.4 is 4.72 Å². The first kappa shape index (κ1) is 14.5. The van der Waals surface area contributed by atoms with Crippen molar-refractivity contribution in [3.05, 3.63) is 40.2 Å². The smallest absolute Gasteiger partial charge is 0.371 e. The second-order valence-corrected chi connectivity index (χ2v) is 6.38. The summed E-state index contributed by atoms with van der Waals surface area (Å²) in [6, 6.07) is 3.83. The predicted octanol–water partition coefficient (Wildman–Crippen LogP) is 2.24. The number of hydrogen-bond acceptors (Lipinski definition) is 5. The van der Waals surface area contributed by atoms with Gasteiger partial charge in [-0.1, -0.05) is 0 Å². The Bertz CT molecular complexity index is 769. The van der Waals surface area contributed by atoms with E-state index in [0.29, 0.717) is 10.0 Å². The first-order valence-corrected chi connectivity index (χ1v) is 7.55. The molecule has 0 aliphatic heterocycles. The Morgan fingerprint density at radius 3 is 2.70 bits per heavy atom. The van der Waals surface area contributed by atoms with Crippen molar-refractivity contribution in [1.29, 1.82) is 0 Å². The molecular formula is C11H9BrN2O5S. The lowest BCUT2D eigenvalue weighted by Crippen LogP contribution is -2.14. The molecule has 0 spiro atoms. The molecule has 0 fully saturated rings. The molecule has 20 heavy (non-hydrogen) atoms. The molecule has 0 bridgehead atoms. The second-order valence-electron chi connectivity index (χ2n) is 3.85. The van der Waals surface area contributed by atoms with E-state index in [1.165, 1.54) is 6.20 Å². The minimum atomic E-state index is -4.02. The van der Waals surface area contributed by atoms with Crippen molar-refractivity contribution in [2.24, 2.45) is 0 Å². The lowest BCUT2D eigenvalue weighted by molar-refractivity contribution is 0.0656. The predicted molar refractivity (Wildman–Crippen MR) is 73.1 cm³/mol. The van der Waals surface area contributed by atoms with Gasteiger partial charge < -0.3 is 9.52 Å². The quantitative estimate of drug-likeness (QED) is 0.864. The minimum absolute atomic E-state index is 0.140. The highest BCUT2D eigenvalue weighted by Crippen LogP contribution is 2.21. The molecule has 0 unspecified atom stereocenters. The molecule has 0 aliphatic carbocycles. The third kappa shape index (κ3) is 2.99. The van der Waals surface area contributed by atoms with Gasteiger partial charge >= 0.3 is 5.97 Å². The molecular weight excluding hydrogens is 352 g/mol. The van der Waals surface area contributed by atoms with Gasteiger partial charge in [-0.25, -0.2) is 9.78 Å². The molecule has 2 aromatic rings. The number of halogens is 1. The number of carboxylic acids is 1. The number of carboxylic acid groups (broad SMARTS) is 1. The van der Waals surface area contributed by atoms with Gasteiger partial charge in [-0.15, -0.1) is 0 Å². The van der Waals surface area contributed by atoms with E-state index in [4.69, 9.17) is 9.52 Å². The highest BCUT2D eigenvalue weighted by Gasteiger charge is 2.22. The molecule has 2 heterocycles. The number of nitrogens with one attached hydrogen (secondary N) is 1. The van der Waals surface area contributed by atoms with Crippen LogP contribution in [0.15, 0.2) is 38.4 Å². The van der Waals surface area contributed by atoms with Gasteiger partial charge in [0.15, 0.2) is 0 Å². The summed E-state index contributed by atoms with van der Waals surface area (Å²) in [5.41, 5.74) is 0.605. The van der Waals surface area contributed by atoms with Crippen LogP contribution in [0.3, 0.4) is 0 Å². The molecule has 2 aromatic heterocycles. The van der Waals surface area contributed by atoms with Gasteiger partial charge in [0.05, 0.1) is 0 Å². The average molecular weight is 361 g/mol. The second kappa shape index (κ2) is 5.25. The van der Waals surface area contributed by atoms with Gasteiger partial charge in [-0.3, -0.25) is 4.72 Å². The van der Waals surface area contributed by atoms with E-state index < -0.39 is 26.8 Å². The van der Waals surface area contributed by atoms with Crippen LogP contribution in [0.25, 0.3) is 0 Å². The summed E-state index contributed by atoms with van der Waals surface area (Å²) in [6.45, 7) is 1.68. The monoisotopic (exact) mass is 360 g/mol. The zero-order chi connectivity index (χ0) is 14.9. The topological polar surface area (TPSA) is 110 Å². The first-order chi connectivity index (χ1) is 9.29. The molecule has 2 rings (SSSR count). The maximum Gasteiger partial charge on any atom is 0.371 e. The summed E-state index contributed by atoms with van der Waals surface area (Å²) in [6.07, 6.45) is 1.44. The van der Waals surface area contributed by atoms with Crippen molar-refractivity contribution in [2.45, 2.75) is 12.0 Å². The normalized spacial score (nSPS) is 11.3. The Kier molecular flexibility index (Phi) is 3.82. The summed E-state index contributed by atoms with van der Waals surface area (Å²) in [5, 5.41) is 8.21. The maximum atomic E-state index is 12.0. The van der Waals surface area contributed by atoms with Crippen molar-refractivity contribution in [1.82, 2.24) is 4.98 Å². The number of sulfonamides is 1. The standard InChI is InChI=1S/C11H9BrN2O5S/c1-6-4-7(12)5-13-10(6)14-20(17,18)9-3-2-8(19-9)11(15)16/h2-5H,1H3,(H,13,14)(H,15,16). The molecule has 0 radical (unpaired) electrons. The number of pyridine rings is 1. The lowest BCUT2D eigenvalue weighted by atomic mass is 10.3. The van der Waals surface area contributed by atoms with E-state index in [0.717, 1.165) is 12.1 Å². The number of aromatic carboxylic acids is 1. The van der Waals surface area contributed by atoms with Gasteiger partial charge in [0, 0.05) is 10.7 Å². The molecule has 0 aromatic carbocycles. The van der Waals surface area contributed by atoms with Gasteiger partial charge in [-0.2, -0.15) is 8.42 Å². The fourth-order valence-corrected chi connectivity index (χ4v) is 2.87. The van der Waals surface area contributed by atoms with E-state index in [1.54, 1.807) is 13.0 Å². The summed E-state index contributed by atoms with van der Waals surface area (Å²) in [4.78, 5) is 14.6. The van der Waals surface area contributed by atoms with E-state index in [2.05, 4.69) is 25.6 Å². The Morgan fingerprint density at radius 2 is 2.15 bits per heavy atom. The van der Waals surface area contributed by atoms with Crippen LogP contribution in [0.1, 0.15) is 16.1 Å². The number of nitrogens with zero attached hydrogens (tertiary/aromatic N) is 1. The summed E-state index contributed by atoms with van der Waals surface area (Å²) >= 11 is 3.22. The van der Waals surface area contributed by atoms with Gasteiger partial charge in [0.1, 0.15) is 5.82 Å². The Labute approximate surface area is 122 Å². The van der Waals surface area contributed by atoms with Crippen molar-refractivity contribution in [3.63, 3.8) is 0 Å². The number of rotatable bonds is 4. The van der Waals surface area contributed by atoms with Crippen LogP contribution in [0, 0.1) is 6.92 Å². The van der Waals surface area contributed by atoms with E-state index >= 15 is 0 Å². The molecule has 106 valence electrons. The lowest BCUT2D eigenvalue weighted by Gasteiger charge is -2.07. The Morgan fingerprint density at radius 1 is 1.45 bits per heavy atom. The Hall–Kier alpha value is -1.87. The van der Waals surface area contributed by atoms with Crippen molar-refractivity contribution >= 4 is 37.7 Å². The number of aromatic nitrogens is 1. The number of aryl methyl sites for hydroxylation is 1. The molecule has 0 aliphatic rings. The fraction of sp³-hybridized carbons (Fsp3) is 0.0909. The molecule has 0 atom stereocenters. The first-order valence-electron chi connectivity index (χ1n) is 5.28. The highest BCUT2D eigenvalue weighted by molar-refractivity contribution is 9.10. The number of hydrogen-bond donors (Lipinski definition) is 2. The summed E-state index contributed by atoms with van der Waals surface area (Å²) < 4.78 is 31.8. The van der Waals surface area contributed by atoms with Crippen molar-refractivity contribution in [3.8, 4) is 0 Å². The van der Waals surface area contributed by atoms with Crippen LogP contribution in [-0.4, -0.2) is 24.5 Å². The van der Waals surface area contributed by atoms with E-state index in [-0.39, 0.29) is 5.82 Å². The van der Waals surface area contributed by atoms with Gasteiger partial charge in [0.2, 0.25) is 10.9 Å². The van der Waals surface area contributed by atoms with Crippen molar-refractivity contribution < 1.29 is 22.7 Å². The number of anilines is 1. The third-order valence-electron chi connectivity index (χ3n) is 2.33.